The fraction of sp³-hybridized carbons (Fsp3) is 0.0476. The van der Waals surface area contributed by atoms with Crippen molar-refractivity contribution in [2.75, 3.05) is 10.6 Å². The van der Waals surface area contributed by atoms with Gasteiger partial charge in [0.2, 0.25) is 0 Å². The Labute approximate surface area is 154 Å². The minimum Gasteiger partial charge on any atom is -0.373 e. The maximum absolute atomic E-state index is 13.3. The van der Waals surface area contributed by atoms with E-state index in [-0.39, 0.29) is 11.9 Å². The first-order valence-electron chi connectivity index (χ1n) is 8.05. The fourth-order valence-electron chi connectivity index (χ4n) is 2.93. The van der Waals surface area contributed by atoms with Crippen LogP contribution in [0.4, 0.5) is 15.8 Å². The van der Waals surface area contributed by atoms with Gasteiger partial charge in [-0.15, -0.1) is 0 Å². The van der Waals surface area contributed by atoms with Gasteiger partial charge >= 0.3 is 0 Å². The van der Waals surface area contributed by atoms with Crippen molar-refractivity contribution in [3.8, 4) is 0 Å². The second-order valence-electron chi connectivity index (χ2n) is 5.93. The molecule has 4 heteroatoms. The minimum absolute atomic E-state index is 0.0598. The van der Waals surface area contributed by atoms with Crippen LogP contribution in [0, 0.1) is 5.82 Å². The Morgan fingerprint density at radius 3 is 2.20 bits per heavy atom. The number of hydrogen-bond donors (Lipinski definition) is 2. The molecule has 0 aromatic heterocycles. The average Bonchev–Trinajstić information content (AvgIpc) is 2.82. The molecule has 1 aliphatic heterocycles. The normalized spacial score (nSPS) is 16.1. The molecule has 2 N–H and O–H groups in total. The predicted molar refractivity (Wildman–Crippen MR) is 105 cm³/mol. The summed E-state index contributed by atoms with van der Waals surface area (Å²) >= 11 is 3.48. The molecule has 124 valence electrons. The van der Waals surface area contributed by atoms with Crippen molar-refractivity contribution in [2.45, 2.75) is 6.04 Å². The number of nitrogens with one attached hydrogen (secondary N) is 2. The Balaban J connectivity index is 1.80. The molecule has 25 heavy (non-hydrogen) atoms. The maximum Gasteiger partial charge on any atom is 0.123 e. The van der Waals surface area contributed by atoms with Crippen molar-refractivity contribution in [2.24, 2.45) is 0 Å². The molecule has 3 aromatic rings. The molecule has 3 aromatic carbocycles. The van der Waals surface area contributed by atoms with Gasteiger partial charge in [-0.2, -0.15) is 0 Å². The molecular formula is C21H16BrFN2. The zero-order valence-corrected chi connectivity index (χ0v) is 14.9. The van der Waals surface area contributed by atoms with Crippen LogP contribution < -0.4 is 10.6 Å². The summed E-state index contributed by atoms with van der Waals surface area (Å²) in [5.74, 6) is -0.229. The summed E-state index contributed by atoms with van der Waals surface area (Å²) in [7, 11) is 0. The van der Waals surface area contributed by atoms with Crippen LogP contribution >= 0.6 is 15.9 Å². The van der Waals surface area contributed by atoms with Gasteiger partial charge in [0.25, 0.3) is 0 Å². The second kappa shape index (κ2) is 6.73. The fourth-order valence-corrected chi connectivity index (χ4v) is 3.19. The Morgan fingerprint density at radius 2 is 1.48 bits per heavy atom. The van der Waals surface area contributed by atoms with Gasteiger partial charge in [0.05, 0.1) is 17.4 Å². The van der Waals surface area contributed by atoms with Gasteiger partial charge in [0.1, 0.15) is 5.82 Å². The monoisotopic (exact) mass is 394 g/mol. The maximum atomic E-state index is 13.3. The van der Waals surface area contributed by atoms with Crippen LogP contribution in [0.5, 0.6) is 0 Å². The summed E-state index contributed by atoms with van der Waals surface area (Å²) in [6.07, 6.45) is 2.14. The van der Waals surface area contributed by atoms with Crippen LogP contribution in [-0.2, 0) is 0 Å². The quantitative estimate of drug-likeness (QED) is 0.539. The van der Waals surface area contributed by atoms with Crippen molar-refractivity contribution in [3.05, 3.63) is 100 Å². The van der Waals surface area contributed by atoms with Gasteiger partial charge in [-0.1, -0.05) is 52.3 Å². The van der Waals surface area contributed by atoms with Crippen LogP contribution in [0.1, 0.15) is 17.2 Å². The highest BCUT2D eigenvalue weighted by atomic mass is 79.9. The van der Waals surface area contributed by atoms with Gasteiger partial charge in [-0.25, -0.2) is 4.39 Å². The molecule has 0 saturated carbocycles. The van der Waals surface area contributed by atoms with Crippen LogP contribution in [0.25, 0.3) is 5.70 Å². The van der Waals surface area contributed by atoms with Crippen LogP contribution in [0.3, 0.4) is 0 Å². The lowest BCUT2D eigenvalue weighted by Crippen LogP contribution is -2.07. The first-order valence-corrected chi connectivity index (χ1v) is 8.84. The molecule has 0 amide bonds. The molecule has 0 radical (unpaired) electrons. The lowest BCUT2D eigenvalue weighted by Gasteiger charge is -2.16. The third-order valence-electron chi connectivity index (χ3n) is 4.23. The summed E-state index contributed by atoms with van der Waals surface area (Å²) in [5.41, 5.74) is 5.14. The van der Waals surface area contributed by atoms with Crippen molar-refractivity contribution >= 4 is 33.0 Å². The highest BCUT2D eigenvalue weighted by Crippen LogP contribution is 2.35. The molecule has 0 spiro atoms. The highest BCUT2D eigenvalue weighted by molar-refractivity contribution is 9.10. The third-order valence-corrected chi connectivity index (χ3v) is 4.75. The molecule has 2 nitrogen and oxygen atoms in total. The van der Waals surface area contributed by atoms with E-state index in [2.05, 4.69) is 44.8 Å². The summed E-state index contributed by atoms with van der Waals surface area (Å²) in [4.78, 5) is 0. The molecule has 1 unspecified atom stereocenters. The van der Waals surface area contributed by atoms with Crippen LogP contribution in [-0.4, -0.2) is 0 Å². The predicted octanol–water partition coefficient (Wildman–Crippen LogP) is 6.21. The SMILES string of the molecule is Fc1ccc(C2C=C(c3ccc(Br)cc3)Nc3ccccc3N2)cc1. The zero-order valence-electron chi connectivity index (χ0n) is 13.3. The minimum atomic E-state index is -0.229. The van der Waals surface area contributed by atoms with E-state index in [1.165, 1.54) is 12.1 Å². The molecule has 1 heterocycles. The van der Waals surface area contributed by atoms with Gasteiger partial charge in [-0.05, 0) is 53.6 Å². The zero-order chi connectivity index (χ0) is 17.2. The van der Waals surface area contributed by atoms with Crippen molar-refractivity contribution in [1.29, 1.82) is 0 Å². The third kappa shape index (κ3) is 3.44. The number of anilines is 2. The molecule has 1 atom stereocenters. The Hall–Kier alpha value is -2.59. The largest absolute Gasteiger partial charge is 0.373 e. The van der Waals surface area contributed by atoms with E-state index in [0.29, 0.717) is 0 Å². The van der Waals surface area contributed by atoms with Gasteiger partial charge in [0.15, 0.2) is 0 Å². The van der Waals surface area contributed by atoms with E-state index in [0.717, 1.165) is 32.7 Å². The molecule has 4 rings (SSSR count). The average molecular weight is 395 g/mol. The van der Waals surface area contributed by atoms with Crippen molar-refractivity contribution < 1.29 is 4.39 Å². The van der Waals surface area contributed by atoms with E-state index in [1.54, 1.807) is 0 Å². The summed E-state index contributed by atoms with van der Waals surface area (Å²) in [5, 5.41) is 7.05. The van der Waals surface area contributed by atoms with Gasteiger partial charge in [-0.3, -0.25) is 0 Å². The highest BCUT2D eigenvalue weighted by Gasteiger charge is 2.18. The summed E-state index contributed by atoms with van der Waals surface area (Å²) < 4.78 is 14.3. The molecular weight excluding hydrogens is 379 g/mol. The molecule has 0 bridgehead atoms. The molecule has 0 saturated heterocycles. The van der Waals surface area contributed by atoms with E-state index < -0.39 is 0 Å². The van der Waals surface area contributed by atoms with E-state index in [4.69, 9.17) is 0 Å². The number of halogens is 2. The van der Waals surface area contributed by atoms with Gasteiger partial charge in [0, 0.05) is 10.2 Å². The lowest BCUT2D eigenvalue weighted by atomic mass is 10.0. The smallest absolute Gasteiger partial charge is 0.123 e. The topological polar surface area (TPSA) is 24.1 Å². The summed E-state index contributed by atoms with van der Waals surface area (Å²) in [6.45, 7) is 0. The Morgan fingerprint density at radius 1 is 0.800 bits per heavy atom. The van der Waals surface area contributed by atoms with E-state index in [1.807, 2.05) is 48.5 Å². The van der Waals surface area contributed by atoms with Crippen LogP contribution in [0.2, 0.25) is 0 Å². The number of hydrogen-bond acceptors (Lipinski definition) is 2. The first-order chi connectivity index (χ1) is 12.2. The van der Waals surface area contributed by atoms with E-state index >= 15 is 0 Å². The standard InChI is InChI=1S/C21H16BrFN2/c22-16-9-5-14(6-10-16)20-13-21(15-7-11-17(23)12-8-15)25-19-4-2-1-3-18(19)24-20/h1-13,21,24-25H. The van der Waals surface area contributed by atoms with Crippen molar-refractivity contribution in [1.82, 2.24) is 0 Å². The first kappa shape index (κ1) is 15.9. The molecule has 0 aliphatic carbocycles. The van der Waals surface area contributed by atoms with E-state index in [9.17, 15) is 4.39 Å². The number of benzene rings is 3. The molecule has 1 aliphatic rings. The Kier molecular flexibility index (Phi) is 4.28. The number of para-hydroxylation sites is 2. The van der Waals surface area contributed by atoms with Gasteiger partial charge < -0.3 is 10.6 Å². The molecule has 0 fully saturated rings. The lowest BCUT2D eigenvalue weighted by molar-refractivity contribution is 0.627. The van der Waals surface area contributed by atoms with Crippen LogP contribution in [0.15, 0.2) is 83.3 Å². The summed E-state index contributed by atoms with van der Waals surface area (Å²) in [6, 6.07) is 22.8. The Bertz CT molecular complexity index is 917. The second-order valence-corrected chi connectivity index (χ2v) is 6.85. The number of rotatable bonds is 2. The number of fused-ring (bicyclic) bond motifs is 1. The van der Waals surface area contributed by atoms with Crippen molar-refractivity contribution in [3.63, 3.8) is 0 Å².